The third-order valence-electron chi connectivity index (χ3n) is 6.27. The van der Waals surface area contributed by atoms with E-state index in [0.29, 0.717) is 37.4 Å². The summed E-state index contributed by atoms with van der Waals surface area (Å²) < 4.78 is 5.14. The fourth-order valence-electron chi connectivity index (χ4n) is 4.22. The second-order valence-corrected chi connectivity index (χ2v) is 8.77. The third kappa shape index (κ3) is 5.20. The van der Waals surface area contributed by atoms with Gasteiger partial charge < -0.3 is 25.0 Å². The SMILES string of the molecule is COc1ccc(N2CC(C(=O)N[C@H](C(=O)N3CCC(C(=O)O)CC3)C(C)C)CC2=O)cc1. The number of anilines is 1. The van der Waals surface area contributed by atoms with Gasteiger partial charge in [0, 0.05) is 31.7 Å². The number of rotatable bonds is 7. The molecule has 3 rings (SSSR count). The molecule has 1 aromatic carbocycles. The molecule has 0 radical (unpaired) electrons. The van der Waals surface area contributed by atoms with Gasteiger partial charge in [0.1, 0.15) is 11.8 Å². The molecule has 2 N–H and O–H groups in total. The summed E-state index contributed by atoms with van der Waals surface area (Å²) in [6, 6.07) is 6.36. The molecule has 0 saturated carbocycles. The standard InChI is InChI=1S/C23H31N3O6/c1-14(2)20(22(29)25-10-8-15(9-11-25)23(30)31)24-21(28)16-12-19(27)26(13-16)17-4-6-18(32-3)7-5-17/h4-7,14-16,20H,8-13H2,1-3H3,(H,24,28)(H,30,31)/t16?,20-/m0/s1. The quantitative estimate of drug-likeness (QED) is 0.657. The van der Waals surface area contributed by atoms with Crippen molar-refractivity contribution in [1.82, 2.24) is 10.2 Å². The predicted molar refractivity (Wildman–Crippen MR) is 117 cm³/mol. The van der Waals surface area contributed by atoms with Crippen LogP contribution >= 0.6 is 0 Å². The van der Waals surface area contributed by atoms with E-state index in [9.17, 15) is 19.2 Å². The number of piperidine rings is 1. The van der Waals surface area contributed by atoms with Crippen LogP contribution in [0.3, 0.4) is 0 Å². The number of carbonyl (C=O) groups excluding carboxylic acids is 3. The van der Waals surface area contributed by atoms with Crippen LogP contribution < -0.4 is 15.0 Å². The number of methoxy groups -OCH3 is 1. The van der Waals surface area contributed by atoms with Gasteiger partial charge in [-0.05, 0) is 43.0 Å². The molecule has 32 heavy (non-hydrogen) atoms. The van der Waals surface area contributed by atoms with Gasteiger partial charge in [-0.1, -0.05) is 13.8 Å². The number of carbonyl (C=O) groups is 4. The summed E-state index contributed by atoms with van der Waals surface area (Å²) in [4.78, 5) is 52.9. The maximum Gasteiger partial charge on any atom is 0.306 e. The number of nitrogens with one attached hydrogen (secondary N) is 1. The van der Waals surface area contributed by atoms with Crippen molar-refractivity contribution in [1.29, 1.82) is 0 Å². The van der Waals surface area contributed by atoms with Crippen LogP contribution in [-0.4, -0.2) is 66.5 Å². The molecule has 1 aromatic rings. The summed E-state index contributed by atoms with van der Waals surface area (Å²) in [6.45, 7) is 4.69. The summed E-state index contributed by atoms with van der Waals surface area (Å²) >= 11 is 0. The Kier molecular flexibility index (Phi) is 7.37. The van der Waals surface area contributed by atoms with E-state index in [1.807, 2.05) is 13.8 Å². The lowest BCUT2D eigenvalue weighted by Gasteiger charge is -2.34. The molecule has 0 bridgehead atoms. The van der Waals surface area contributed by atoms with E-state index in [0.717, 1.165) is 0 Å². The number of amides is 3. The Morgan fingerprint density at radius 3 is 2.25 bits per heavy atom. The number of carboxylic acids is 1. The highest BCUT2D eigenvalue weighted by Crippen LogP contribution is 2.27. The van der Waals surface area contributed by atoms with Gasteiger partial charge in [-0.25, -0.2) is 0 Å². The van der Waals surface area contributed by atoms with Gasteiger partial charge in [0.25, 0.3) is 0 Å². The normalized spacial score (nSPS) is 20.4. The Morgan fingerprint density at radius 2 is 1.72 bits per heavy atom. The lowest BCUT2D eigenvalue weighted by atomic mass is 9.95. The average Bonchev–Trinajstić information content (AvgIpc) is 3.18. The molecule has 2 aliphatic heterocycles. The summed E-state index contributed by atoms with van der Waals surface area (Å²) in [7, 11) is 1.57. The highest BCUT2D eigenvalue weighted by Gasteiger charge is 2.38. The van der Waals surface area contributed by atoms with E-state index < -0.39 is 23.8 Å². The molecule has 2 atom stereocenters. The van der Waals surface area contributed by atoms with Crippen LogP contribution in [0.1, 0.15) is 33.1 Å². The molecule has 2 fully saturated rings. The predicted octanol–water partition coefficient (Wildman–Crippen LogP) is 1.51. The van der Waals surface area contributed by atoms with E-state index in [-0.39, 0.29) is 36.6 Å². The molecule has 0 spiro atoms. The first-order valence-electron chi connectivity index (χ1n) is 11.0. The minimum atomic E-state index is -0.835. The van der Waals surface area contributed by atoms with Gasteiger partial charge in [0.2, 0.25) is 17.7 Å². The molecule has 9 heteroatoms. The zero-order valence-corrected chi connectivity index (χ0v) is 18.7. The first-order valence-corrected chi connectivity index (χ1v) is 11.0. The molecule has 0 aliphatic carbocycles. The number of carboxylic acid groups (broad SMARTS) is 1. The maximum atomic E-state index is 13.1. The highest BCUT2D eigenvalue weighted by molar-refractivity contribution is 6.01. The monoisotopic (exact) mass is 445 g/mol. The van der Waals surface area contributed by atoms with E-state index in [2.05, 4.69) is 5.32 Å². The fraction of sp³-hybridized carbons (Fsp3) is 0.565. The van der Waals surface area contributed by atoms with Crippen LogP contribution in [0.2, 0.25) is 0 Å². The van der Waals surface area contributed by atoms with Crippen LogP contribution in [0.25, 0.3) is 0 Å². The Bertz CT molecular complexity index is 861. The van der Waals surface area contributed by atoms with Crippen molar-refractivity contribution < 1.29 is 29.0 Å². The maximum absolute atomic E-state index is 13.1. The molecule has 2 saturated heterocycles. The van der Waals surface area contributed by atoms with Gasteiger partial charge in [-0.2, -0.15) is 0 Å². The number of likely N-dealkylation sites (tertiary alicyclic amines) is 1. The molecular weight excluding hydrogens is 414 g/mol. The Labute approximate surface area is 187 Å². The molecule has 174 valence electrons. The number of aliphatic carboxylic acids is 1. The van der Waals surface area contributed by atoms with Crippen molar-refractivity contribution >= 4 is 29.4 Å². The second-order valence-electron chi connectivity index (χ2n) is 8.77. The van der Waals surface area contributed by atoms with Crippen LogP contribution in [0.5, 0.6) is 5.75 Å². The van der Waals surface area contributed by atoms with Crippen LogP contribution in [0.4, 0.5) is 5.69 Å². The lowest BCUT2D eigenvalue weighted by Crippen LogP contribution is -2.54. The minimum absolute atomic E-state index is 0.0842. The second kappa shape index (κ2) is 10.0. The molecule has 3 amide bonds. The largest absolute Gasteiger partial charge is 0.497 e. The van der Waals surface area contributed by atoms with Gasteiger partial charge in [0.15, 0.2) is 0 Å². The fourth-order valence-corrected chi connectivity index (χ4v) is 4.22. The van der Waals surface area contributed by atoms with Crippen LogP contribution in [0.15, 0.2) is 24.3 Å². The average molecular weight is 446 g/mol. The zero-order chi connectivity index (χ0) is 23.4. The van der Waals surface area contributed by atoms with Crippen molar-refractivity contribution in [3.05, 3.63) is 24.3 Å². The first-order chi connectivity index (χ1) is 15.2. The van der Waals surface area contributed by atoms with Gasteiger partial charge in [-0.15, -0.1) is 0 Å². The van der Waals surface area contributed by atoms with Crippen LogP contribution in [0, 0.1) is 17.8 Å². The van der Waals surface area contributed by atoms with Crippen molar-refractivity contribution in [2.75, 3.05) is 31.6 Å². The van der Waals surface area contributed by atoms with Crippen molar-refractivity contribution in [2.24, 2.45) is 17.8 Å². The van der Waals surface area contributed by atoms with E-state index in [1.54, 1.807) is 41.2 Å². The lowest BCUT2D eigenvalue weighted by molar-refractivity contribution is -0.146. The summed E-state index contributed by atoms with van der Waals surface area (Å²) in [5, 5.41) is 12.0. The number of ether oxygens (including phenoxy) is 1. The van der Waals surface area contributed by atoms with Crippen molar-refractivity contribution in [3.8, 4) is 5.75 Å². The first kappa shape index (κ1) is 23.6. The zero-order valence-electron chi connectivity index (χ0n) is 18.7. The summed E-state index contributed by atoms with van der Waals surface area (Å²) in [5.74, 6) is -1.93. The number of nitrogens with zero attached hydrogens (tertiary/aromatic N) is 2. The smallest absolute Gasteiger partial charge is 0.306 e. The van der Waals surface area contributed by atoms with Crippen molar-refractivity contribution in [3.63, 3.8) is 0 Å². The molecule has 2 aliphatic rings. The number of hydrogen-bond donors (Lipinski definition) is 2. The number of hydrogen-bond acceptors (Lipinski definition) is 5. The van der Waals surface area contributed by atoms with E-state index in [1.165, 1.54) is 0 Å². The molecule has 9 nitrogen and oxygen atoms in total. The van der Waals surface area contributed by atoms with Crippen LogP contribution in [-0.2, 0) is 19.2 Å². The third-order valence-corrected chi connectivity index (χ3v) is 6.27. The van der Waals surface area contributed by atoms with E-state index in [4.69, 9.17) is 9.84 Å². The minimum Gasteiger partial charge on any atom is -0.497 e. The summed E-state index contributed by atoms with van der Waals surface area (Å²) in [6.07, 6.45) is 0.905. The molecule has 0 aromatic heterocycles. The molecule has 2 heterocycles. The Morgan fingerprint density at radius 1 is 1.09 bits per heavy atom. The topological polar surface area (TPSA) is 116 Å². The van der Waals surface area contributed by atoms with Gasteiger partial charge in [0.05, 0.1) is 18.9 Å². The number of benzene rings is 1. The Balaban J connectivity index is 1.61. The molecule has 1 unspecified atom stereocenters. The van der Waals surface area contributed by atoms with Crippen molar-refractivity contribution in [2.45, 2.75) is 39.2 Å². The highest BCUT2D eigenvalue weighted by atomic mass is 16.5. The van der Waals surface area contributed by atoms with Gasteiger partial charge in [-0.3, -0.25) is 19.2 Å². The Hall–Kier alpha value is -3.10. The summed E-state index contributed by atoms with van der Waals surface area (Å²) in [5.41, 5.74) is 0.698. The van der Waals surface area contributed by atoms with Gasteiger partial charge >= 0.3 is 5.97 Å². The van der Waals surface area contributed by atoms with E-state index >= 15 is 0 Å². The molecular formula is C23H31N3O6.